The van der Waals surface area contributed by atoms with Gasteiger partial charge in [0.05, 0.1) is 42.7 Å². The Morgan fingerprint density at radius 2 is 1.51 bits per heavy atom. The smallest absolute Gasteiger partial charge is 0.300 e. The molecule has 1 saturated heterocycles. The molecule has 0 radical (unpaired) electrons. The molecule has 0 aliphatic carbocycles. The molecule has 1 heterocycles. The molecule has 1 atom stereocenters. The third-order valence-corrected chi connectivity index (χ3v) is 6.30. The Hall–Kier alpha value is -4.37. The number of halogens is 1. The van der Waals surface area contributed by atoms with Crippen LogP contribution < -0.4 is 19.1 Å². The zero-order chi connectivity index (χ0) is 28.3. The van der Waals surface area contributed by atoms with Crippen molar-refractivity contribution in [2.75, 3.05) is 24.7 Å². The number of hydrogen-bond acceptors (Lipinski definition) is 8. The molecule has 3 aromatic rings. The van der Waals surface area contributed by atoms with E-state index in [0.717, 1.165) is 4.90 Å². The number of nitrogens with zero attached hydrogens (tertiary/aromatic N) is 1. The summed E-state index contributed by atoms with van der Waals surface area (Å²) < 4.78 is 16.8. The molecule has 1 amide bonds. The van der Waals surface area contributed by atoms with Crippen LogP contribution in [0, 0.1) is 0 Å². The Morgan fingerprint density at radius 3 is 2.21 bits per heavy atom. The average molecular weight is 554 g/mol. The molecule has 1 aliphatic rings. The van der Waals surface area contributed by atoms with E-state index in [2.05, 4.69) is 0 Å². The van der Waals surface area contributed by atoms with Crippen LogP contribution in [0.5, 0.6) is 28.7 Å². The number of aliphatic hydroxyl groups excluding tert-OH is 1. The number of Topliss-reactive ketones (excluding diaryl/α,β-unsaturated/α-hetero) is 1. The summed E-state index contributed by atoms with van der Waals surface area (Å²) in [5.41, 5.74) is 0.219. The summed E-state index contributed by atoms with van der Waals surface area (Å²) in [7, 11) is 0. The minimum absolute atomic E-state index is 0.0311. The highest BCUT2D eigenvalue weighted by atomic mass is 35.5. The highest BCUT2D eigenvalue weighted by molar-refractivity contribution is 6.52. The number of anilines is 1. The predicted octanol–water partition coefficient (Wildman–Crippen LogP) is 5.57. The molecule has 3 N–H and O–H groups in total. The number of carbonyl (C=O) groups is 2. The summed E-state index contributed by atoms with van der Waals surface area (Å²) in [5, 5.41) is 32.7. The number of rotatable bonds is 9. The Balaban J connectivity index is 2.00. The number of ketones is 1. The standard InChI is InChI=1S/C29H28ClNO8/c1-4-37-18-9-10-19(23(15-18)38-5-2)27(34)25-26(16-7-11-22(33)24(13-16)39-6-3)31(29(36)28(25)35)20-14-17(30)8-12-21(20)32/h7-15,26,32-34H,4-6H2,1-3H3/b27-25+. The van der Waals surface area contributed by atoms with Crippen molar-refractivity contribution >= 4 is 34.7 Å². The average Bonchev–Trinajstić information content (AvgIpc) is 3.17. The van der Waals surface area contributed by atoms with Crippen LogP contribution in [0.4, 0.5) is 5.69 Å². The summed E-state index contributed by atoms with van der Waals surface area (Å²) >= 11 is 6.17. The summed E-state index contributed by atoms with van der Waals surface area (Å²) in [4.78, 5) is 28.1. The molecular formula is C29H28ClNO8. The normalized spacial score (nSPS) is 16.4. The highest BCUT2D eigenvalue weighted by Crippen LogP contribution is 2.47. The van der Waals surface area contributed by atoms with Crippen molar-refractivity contribution in [3.63, 3.8) is 0 Å². The van der Waals surface area contributed by atoms with Crippen molar-refractivity contribution in [1.82, 2.24) is 0 Å². The largest absolute Gasteiger partial charge is 0.507 e. The lowest BCUT2D eigenvalue weighted by atomic mass is 9.94. The molecular weight excluding hydrogens is 526 g/mol. The Labute approximate surface area is 230 Å². The molecule has 204 valence electrons. The van der Waals surface area contributed by atoms with Crippen LogP contribution in [0.25, 0.3) is 5.76 Å². The minimum Gasteiger partial charge on any atom is -0.507 e. The minimum atomic E-state index is -1.21. The van der Waals surface area contributed by atoms with Crippen LogP contribution in [-0.2, 0) is 9.59 Å². The molecule has 39 heavy (non-hydrogen) atoms. The first-order valence-electron chi connectivity index (χ1n) is 12.4. The number of aliphatic hydroxyl groups is 1. The Kier molecular flexibility index (Phi) is 8.21. The molecule has 0 bridgehead atoms. The van der Waals surface area contributed by atoms with Gasteiger partial charge in [0.1, 0.15) is 23.0 Å². The number of amides is 1. The number of carbonyl (C=O) groups excluding carboxylic acids is 2. The lowest BCUT2D eigenvalue weighted by molar-refractivity contribution is -0.132. The van der Waals surface area contributed by atoms with Gasteiger partial charge in [-0.1, -0.05) is 17.7 Å². The molecule has 0 saturated carbocycles. The molecule has 1 fully saturated rings. The van der Waals surface area contributed by atoms with Gasteiger partial charge in [-0.05, 0) is 68.8 Å². The van der Waals surface area contributed by atoms with E-state index in [0.29, 0.717) is 17.9 Å². The second-order valence-corrected chi connectivity index (χ2v) is 8.92. The monoisotopic (exact) mass is 553 g/mol. The Morgan fingerprint density at radius 1 is 0.846 bits per heavy atom. The van der Waals surface area contributed by atoms with Crippen molar-refractivity contribution in [3.8, 4) is 28.7 Å². The zero-order valence-corrected chi connectivity index (χ0v) is 22.4. The van der Waals surface area contributed by atoms with Gasteiger partial charge in [-0.3, -0.25) is 14.5 Å². The van der Waals surface area contributed by atoms with Crippen molar-refractivity contribution in [3.05, 3.63) is 76.3 Å². The SMILES string of the molecule is CCOc1ccc(/C(O)=C2\C(=O)C(=O)N(c3cc(Cl)ccc3O)C2c2ccc(O)c(OCC)c2)c(OCC)c1. The van der Waals surface area contributed by atoms with Crippen molar-refractivity contribution < 1.29 is 39.1 Å². The van der Waals surface area contributed by atoms with Crippen LogP contribution in [0.15, 0.2) is 60.2 Å². The summed E-state index contributed by atoms with van der Waals surface area (Å²) in [5.74, 6) is -2.05. The number of ether oxygens (including phenoxy) is 3. The van der Waals surface area contributed by atoms with Crippen molar-refractivity contribution in [2.45, 2.75) is 26.8 Å². The predicted molar refractivity (Wildman–Crippen MR) is 146 cm³/mol. The second-order valence-electron chi connectivity index (χ2n) is 8.49. The molecule has 1 unspecified atom stereocenters. The van der Waals surface area contributed by atoms with Crippen molar-refractivity contribution in [2.24, 2.45) is 0 Å². The summed E-state index contributed by atoms with van der Waals surface area (Å²) in [6.45, 7) is 6.26. The van der Waals surface area contributed by atoms with Gasteiger partial charge < -0.3 is 29.5 Å². The van der Waals surface area contributed by atoms with Gasteiger partial charge in [0, 0.05) is 11.1 Å². The molecule has 1 aliphatic heterocycles. The molecule has 0 aromatic heterocycles. The van der Waals surface area contributed by atoms with E-state index in [4.69, 9.17) is 25.8 Å². The third kappa shape index (κ3) is 5.31. The fraction of sp³-hybridized carbons (Fsp3) is 0.241. The lowest BCUT2D eigenvalue weighted by Crippen LogP contribution is -2.29. The van der Waals surface area contributed by atoms with E-state index >= 15 is 0 Å². The van der Waals surface area contributed by atoms with E-state index < -0.39 is 23.5 Å². The number of benzene rings is 3. The van der Waals surface area contributed by atoms with E-state index in [9.17, 15) is 24.9 Å². The number of aromatic hydroxyl groups is 2. The number of hydrogen-bond donors (Lipinski definition) is 3. The van der Waals surface area contributed by atoms with Gasteiger partial charge in [0.2, 0.25) is 0 Å². The quantitative estimate of drug-likeness (QED) is 0.178. The van der Waals surface area contributed by atoms with E-state index in [-0.39, 0.29) is 58.1 Å². The van der Waals surface area contributed by atoms with E-state index in [1.807, 2.05) is 6.92 Å². The van der Waals surface area contributed by atoms with Gasteiger partial charge in [-0.2, -0.15) is 0 Å². The first-order valence-corrected chi connectivity index (χ1v) is 12.7. The maximum atomic E-state index is 13.5. The molecule has 3 aromatic carbocycles. The molecule has 0 spiro atoms. The maximum Gasteiger partial charge on any atom is 0.300 e. The highest BCUT2D eigenvalue weighted by Gasteiger charge is 2.48. The fourth-order valence-electron chi connectivity index (χ4n) is 4.43. The lowest BCUT2D eigenvalue weighted by Gasteiger charge is -2.26. The van der Waals surface area contributed by atoms with E-state index in [1.54, 1.807) is 26.0 Å². The number of phenols is 2. The fourth-order valence-corrected chi connectivity index (χ4v) is 4.60. The topological polar surface area (TPSA) is 126 Å². The molecule has 9 nitrogen and oxygen atoms in total. The van der Waals surface area contributed by atoms with Gasteiger partial charge in [0.25, 0.3) is 11.7 Å². The zero-order valence-electron chi connectivity index (χ0n) is 21.6. The Bertz CT molecular complexity index is 1450. The first kappa shape index (κ1) is 27.7. The van der Waals surface area contributed by atoms with E-state index in [1.165, 1.54) is 42.5 Å². The second kappa shape index (κ2) is 11.6. The van der Waals surface area contributed by atoms with Gasteiger partial charge in [0.15, 0.2) is 11.5 Å². The maximum absolute atomic E-state index is 13.5. The summed E-state index contributed by atoms with van der Waals surface area (Å²) in [6, 6.07) is 11.9. The van der Waals surface area contributed by atoms with Gasteiger partial charge in [-0.25, -0.2) is 0 Å². The third-order valence-electron chi connectivity index (χ3n) is 6.06. The van der Waals surface area contributed by atoms with Gasteiger partial charge in [-0.15, -0.1) is 0 Å². The van der Waals surface area contributed by atoms with Gasteiger partial charge >= 0.3 is 0 Å². The van der Waals surface area contributed by atoms with Crippen LogP contribution >= 0.6 is 11.6 Å². The van der Waals surface area contributed by atoms with Crippen LogP contribution in [-0.4, -0.2) is 46.8 Å². The first-order chi connectivity index (χ1) is 18.7. The van der Waals surface area contributed by atoms with Crippen LogP contribution in [0.2, 0.25) is 5.02 Å². The molecule has 4 rings (SSSR count). The van der Waals surface area contributed by atoms with Crippen LogP contribution in [0.1, 0.15) is 37.9 Å². The molecule has 10 heteroatoms. The summed E-state index contributed by atoms with van der Waals surface area (Å²) in [6.07, 6.45) is 0. The number of phenolic OH excluding ortho intramolecular Hbond substituents is 2. The van der Waals surface area contributed by atoms with Crippen molar-refractivity contribution in [1.29, 1.82) is 0 Å². The van der Waals surface area contributed by atoms with Crippen LogP contribution in [0.3, 0.4) is 0 Å².